The molecule has 0 aromatic heterocycles. The summed E-state index contributed by atoms with van der Waals surface area (Å²) in [5.74, 6) is -1.48. The van der Waals surface area contributed by atoms with Crippen LogP contribution in [0.4, 0.5) is 18.0 Å². The van der Waals surface area contributed by atoms with Crippen LogP contribution in [0.1, 0.15) is 45.4 Å². The largest absolute Gasteiger partial charge is 0.480 e. The molecule has 0 spiro atoms. The monoisotopic (exact) mass is 312 g/mol. The number of hydrogen-bond donors (Lipinski definition) is 2. The molecule has 5 nitrogen and oxygen atoms in total. The van der Waals surface area contributed by atoms with Gasteiger partial charge < -0.3 is 15.3 Å². The number of carboxylic acid groups (broad SMARTS) is 1. The Morgan fingerprint density at radius 2 is 1.67 bits per heavy atom. The molecular formula is C13H23F3N2O3. The molecule has 0 radical (unpaired) electrons. The molecule has 0 bridgehead atoms. The maximum Gasteiger partial charge on any atom is 0.406 e. The minimum Gasteiger partial charge on any atom is -0.480 e. The molecule has 8 heteroatoms. The van der Waals surface area contributed by atoms with E-state index >= 15 is 0 Å². The molecule has 0 saturated heterocycles. The van der Waals surface area contributed by atoms with Crippen molar-refractivity contribution >= 4 is 12.0 Å². The zero-order chi connectivity index (χ0) is 16.3. The van der Waals surface area contributed by atoms with Crippen LogP contribution in [0.5, 0.6) is 0 Å². The third kappa shape index (κ3) is 12.0. The molecule has 2 amide bonds. The number of halogens is 3. The van der Waals surface area contributed by atoms with E-state index in [9.17, 15) is 22.8 Å². The molecule has 21 heavy (non-hydrogen) atoms. The molecule has 0 rings (SSSR count). The summed E-state index contributed by atoms with van der Waals surface area (Å²) in [6.07, 6.45) is 1.32. The maximum absolute atomic E-state index is 12.3. The van der Waals surface area contributed by atoms with Gasteiger partial charge in [0.1, 0.15) is 13.1 Å². The van der Waals surface area contributed by atoms with E-state index in [-0.39, 0.29) is 11.4 Å². The zero-order valence-corrected chi connectivity index (χ0v) is 12.2. The summed E-state index contributed by atoms with van der Waals surface area (Å²) in [5.41, 5.74) is 0. The van der Waals surface area contributed by atoms with Gasteiger partial charge in [-0.05, 0) is 6.42 Å². The Bertz CT molecular complexity index is 322. The first-order chi connectivity index (χ1) is 9.76. The third-order valence-electron chi connectivity index (χ3n) is 2.79. The lowest BCUT2D eigenvalue weighted by Crippen LogP contribution is -2.47. The topological polar surface area (TPSA) is 69.6 Å². The van der Waals surface area contributed by atoms with Crippen molar-refractivity contribution in [1.82, 2.24) is 10.2 Å². The number of unbranched alkanes of at least 4 members (excludes halogenated alkanes) is 5. The number of hydrogen-bond acceptors (Lipinski definition) is 2. The molecule has 0 saturated carbocycles. The van der Waals surface area contributed by atoms with Crippen LogP contribution in [0.2, 0.25) is 0 Å². The van der Waals surface area contributed by atoms with Crippen LogP contribution in [-0.4, -0.2) is 47.8 Å². The minimum absolute atomic E-state index is 0.249. The summed E-state index contributed by atoms with van der Waals surface area (Å²) in [4.78, 5) is 22.3. The van der Waals surface area contributed by atoms with Crippen molar-refractivity contribution in [3.05, 3.63) is 0 Å². The third-order valence-corrected chi connectivity index (χ3v) is 2.79. The van der Waals surface area contributed by atoms with E-state index in [4.69, 9.17) is 5.11 Å². The lowest BCUT2D eigenvalue weighted by molar-refractivity contribution is -0.148. The molecule has 0 unspecified atom stereocenters. The number of urea groups is 1. The second-order valence-corrected chi connectivity index (χ2v) is 4.86. The zero-order valence-electron chi connectivity index (χ0n) is 12.2. The van der Waals surface area contributed by atoms with Gasteiger partial charge in [0.2, 0.25) is 0 Å². The summed E-state index contributed by atoms with van der Waals surface area (Å²) in [5, 5.41) is 10.9. The lowest BCUT2D eigenvalue weighted by Gasteiger charge is -2.22. The van der Waals surface area contributed by atoms with E-state index in [0.717, 1.165) is 32.1 Å². The Hall–Kier alpha value is -1.47. The maximum atomic E-state index is 12.3. The first kappa shape index (κ1) is 19.5. The molecule has 2 N–H and O–H groups in total. The SMILES string of the molecule is CCCCCCCCNC(=O)N(CC(=O)O)CC(F)(F)F. The van der Waals surface area contributed by atoms with E-state index in [1.54, 1.807) is 0 Å². The summed E-state index contributed by atoms with van der Waals surface area (Å²) in [6, 6.07) is -0.997. The highest BCUT2D eigenvalue weighted by atomic mass is 19.4. The molecule has 0 fully saturated rings. The lowest BCUT2D eigenvalue weighted by atomic mass is 10.1. The molecule has 0 aliphatic rings. The van der Waals surface area contributed by atoms with E-state index in [2.05, 4.69) is 12.2 Å². The van der Waals surface area contributed by atoms with Crippen molar-refractivity contribution in [2.45, 2.75) is 51.6 Å². The van der Waals surface area contributed by atoms with E-state index < -0.39 is 31.3 Å². The number of amides is 2. The van der Waals surface area contributed by atoms with Gasteiger partial charge in [0, 0.05) is 6.54 Å². The number of nitrogens with one attached hydrogen (secondary N) is 1. The standard InChI is InChI=1S/C13H23F3N2O3/c1-2-3-4-5-6-7-8-17-12(21)18(9-11(19)20)10-13(14,15)16/h2-10H2,1H3,(H,17,21)(H,19,20). The van der Waals surface area contributed by atoms with Gasteiger partial charge >= 0.3 is 18.2 Å². The van der Waals surface area contributed by atoms with Gasteiger partial charge in [-0.15, -0.1) is 0 Å². The summed E-state index contributed by atoms with van der Waals surface area (Å²) >= 11 is 0. The Morgan fingerprint density at radius 1 is 1.10 bits per heavy atom. The number of aliphatic carboxylic acids is 1. The predicted octanol–water partition coefficient (Wildman–Crippen LogP) is 3.01. The van der Waals surface area contributed by atoms with Crippen LogP contribution in [0.15, 0.2) is 0 Å². The van der Waals surface area contributed by atoms with Crippen molar-refractivity contribution in [2.75, 3.05) is 19.6 Å². The van der Waals surface area contributed by atoms with Gasteiger partial charge in [0.05, 0.1) is 0 Å². The highest BCUT2D eigenvalue weighted by molar-refractivity contribution is 5.80. The average molecular weight is 312 g/mol. The molecule has 124 valence electrons. The Kier molecular flexibility index (Phi) is 9.56. The average Bonchev–Trinajstić information content (AvgIpc) is 2.34. The number of carbonyl (C=O) groups is 2. The van der Waals surface area contributed by atoms with Gasteiger partial charge in [0.15, 0.2) is 0 Å². The number of alkyl halides is 3. The fourth-order valence-corrected chi connectivity index (χ4v) is 1.79. The van der Waals surface area contributed by atoms with Crippen molar-refractivity contribution in [3.63, 3.8) is 0 Å². The van der Waals surface area contributed by atoms with Crippen molar-refractivity contribution in [1.29, 1.82) is 0 Å². The van der Waals surface area contributed by atoms with Crippen LogP contribution in [0, 0.1) is 0 Å². The van der Waals surface area contributed by atoms with Gasteiger partial charge in [-0.25, -0.2) is 4.79 Å². The van der Waals surface area contributed by atoms with Crippen molar-refractivity contribution in [2.24, 2.45) is 0 Å². The second kappa shape index (κ2) is 10.3. The molecule has 0 aromatic rings. The second-order valence-electron chi connectivity index (χ2n) is 4.86. The highest BCUT2D eigenvalue weighted by Gasteiger charge is 2.33. The van der Waals surface area contributed by atoms with Crippen LogP contribution in [0.3, 0.4) is 0 Å². The Morgan fingerprint density at radius 3 is 2.19 bits per heavy atom. The number of nitrogens with zero attached hydrogens (tertiary/aromatic N) is 1. The van der Waals surface area contributed by atoms with Gasteiger partial charge in [-0.2, -0.15) is 13.2 Å². The van der Waals surface area contributed by atoms with E-state index in [1.807, 2.05) is 0 Å². The number of rotatable bonds is 10. The molecule has 0 aliphatic carbocycles. The van der Waals surface area contributed by atoms with Crippen molar-refractivity contribution < 1.29 is 27.9 Å². The summed E-state index contributed by atoms with van der Waals surface area (Å²) < 4.78 is 36.8. The number of carbonyl (C=O) groups excluding carboxylic acids is 1. The molecule has 0 aliphatic heterocycles. The van der Waals surface area contributed by atoms with Gasteiger partial charge in [-0.3, -0.25) is 4.79 Å². The normalized spacial score (nSPS) is 11.2. The summed E-state index contributed by atoms with van der Waals surface area (Å²) in [6.45, 7) is -0.194. The fourth-order valence-electron chi connectivity index (χ4n) is 1.79. The quantitative estimate of drug-likeness (QED) is 0.609. The highest BCUT2D eigenvalue weighted by Crippen LogP contribution is 2.16. The number of carboxylic acids is 1. The van der Waals surface area contributed by atoms with E-state index in [1.165, 1.54) is 0 Å². The van der Waals surface area contributed by atoms with Gasteiger partial charge in [-0.1, -0.05) is 39.0 Å². The smallest absolute Gasteiger partial charge is 0.406 e. The Balaban J connectivity index is 4.02. The van der Waals surface area contributed by atoms with Gasteiger partial charge in [0.25, 0.3) is 0 Å². The molecular weight excluding hydrogens is 289 g/mol. The van der Waals surface area contributed by atoms with Crippen LogP contribution in [-0.2, 0) is 4.79 Å². The molecule has 0 aromatic carbocycles. The van der Waals surface area contributed by atoms with Crippen molar-refractivity contribution in [3.8, 4) is 0 Å². The fraction of sp³-hybridized carbons (Fsp3) is 0.846. The molecule has 0 heterocycles. The molecule has 0 atom stereocenters. The van der Waals surface area contributed by atoms with E-state index in [0.29, 0.717) is 6.42 Å². The van der Waals surface area contributed by atoms with Crippen LogP contribution < -0.4 is 5.32 Å². The minimum atomic E-state index is -4.62. The summed E-state index contributed by atoms with van der Waals surface area (Å²) in [7, 11) is 0. The van der Waals surface area contributed by atoms with Crippen LogP contribution >= 0.6 is 0 Å². The first-order valence-corrected chi connectivity index (χ1v) is 7.07. The Labute approximate surface area is 122 Å². The first-order valence-electron chi connectivity index (χ1n) is 7.07. The predicted molar refractivity (Wildman–Crippen MR) is 72.0 cm³/mol. The van der Waals surface area contributed by atoms with Crippen LogP contribution in [0.25, 0.3) is 0 Å².